The van der Waals surface area contributed by atoms with Crippen molar-refractivity contribution in [2.24, 2.45) is 0 Å². The van der Waals surface area contributed by atoms with E-state index in [1.165, 1.54) is 19.2 Å². The third-order valence-electron chi connectivity index (χ3n) is 5.08. The van der Waals surface area contributed by atoms with Crippen LogP contribution in [-0.4, -0.2) is 22.6 Å². The quantitative estimate of drug-likeness (QED) is 0.296. The minimum Gasteiger partial charge on any atom is -0.497 e. The van der Waals surface area contributed by atoms with Crippen LogP contribution in [0, 0.1) is 0 Å². The molecular formula is C26H24O5S2. The SMILES string of the molecule is COc1ccc(S(OS(=O)(=O)c2ccc(OC)cc2)(c2ccccc2)c2ccccc2)cc1. The van der Waals surface area contributed by atoms with Crippen molar-refractivity contribution in [3.8, 4) is 11.5 Å². The Morgan fingerprint density at radius 2 is 0.848 bits per heavy atom. The summed E-state index contributed by atoms with van der Waals surface area (Å²) in [6.45, 7) is 0. The monoisotopic (exact) mass is 480 g/mol. The minimum absolute atomic E-state index is 0.0561. The third kappa shape index (κ3) is 4.61. The summed E-state index contributed by atoms with van der Waals surface area (Å²) in [5.74, 6) is 1.24. The number of methoxy groups -OCH3 is 2. The van der Waals surface area contributed by atoms with Crippen LogP contribution in [0.5, 0.6) is 11.5 Å². The molecular weight excluding hydrogens is 456 g/mol. The molecule has 4 aromatic carbocycles. The van der Waals surface area contributed by atoms with Gasteiger partial charge in [-0.2, -0.15) is 8.42 Å². The Hall–Kier alpha value is -3.26. The molecule has 0 aliphatic carbocycles. The normalized spacial score (nSPS) is 12.2. The van der Waals surface area contributed by atoms with Crippen LogP contribution in [0.15, 0.2) is 129 Å². The Morgan fingerprint density at radius 1 is 0.485 bits per heavy atom. The highest BCUT2D eigenvalue weighted by atomic mass is 32.3. The fourth-order valence-corrected chi connectivity index (χ4v) is 8.65. The number of benzene rings is 4. The molecule has 7 heteroatoms. The second kappa shape index (κ2) is 9.70. The van der Waals surface area contributed by atoms with Crippen molar-refractivity contribution in [1.29, 1.82) is 0 Å². The van der Waals surface area contributed by atoms with Gasteiger partial charge in [0, 0.05) is 14.7 Å². The standard InChI is InChI=1S/C26H24O5S2/c1-29-21-13-17-25(18-14-21)32(23-9-5-3-6-10-23,24-11-7-4-8-12-24)31-33(27,28)26-19-15-22(30-2)16-20-26/h3-20H,1-2H3. The highest BCUT2D eigenvalue weighted by molar-refractivity contribution is 8.33. The van der Waals surface area contributed by atoms with Crippen LogP contribution in [-0.2, 0) is 13.7 Å². The minimum atomic E-state index is -4.15. The predicted molar refractivity (Wildman–Crippen MR) is 130 cm³/mol. The van der Waals surface area contributed by atoms with Gasteiger partial charge in [0.25, 0.3) is 0 Å². The van der Waals surface area contributed by atoms with Gasteiger partial charge in [-0.15, -0.1) is 0 Å². The summed E-state index contributed by atoms with van der Waals surface area (Å²) in [6, 6.07) is 32.4. The number of rotatable bonds is 8. The van der Waals surface area contributed by atoms with Gasteiger partial charge in [0.2, 0.25) is 0 Å². The van der Waals surface area contributed by atoms with E-state index in [2.05, 4.69) is 0 Å². The molecule has 5 nitrogen and oxygen atoms in total. The van der Waals surface area contributed by atoms with Crippen molar-refractivity contribution in [2.75, 3.05) is 14.2 Å². The van der Waals surface area contributed by atoms with Gasteiger partial charge in [-0.1, -0.05) is 36.4 Å². The highest BCUT2D eigenvalue weighted by Gasteiger charge is 2.38. The zero-order valence-electron chi connectivity index (χ0n) is 18.3. The summed E-state index contributed by atoms with van der Waals surface area (Å²) in [4.78, 5) is 2.32. The predicted octanol–water partition coefficient (Wildman–Crippen LogP) is 6.31. The lowest BCUT2D eigenvalue weighted by atomic mass is 10.3. The molecule has 170 valence electrons. The maximum atomic E-state index is 13.6. The zero-order chi connectivity index (χ0) is 23.3. The molecule has 0 saturated carbocycles. The molecule has 0 aliphatic heterocycles. The van der Waals surface area contributed by atoms with Gasteiger partial charge < -0.3 is 9.47 Å². The van der Waals surface area contributed by atoms with E-state index in [0.29, 0.717) is 11.5 Å². The van der Waals surface area contributed by atoms with Crippen LogP contribution >= 0.6 is 10.3 Å². The topological polar surface area (TPSA) is 61.8 Å². The van der Waals surface area contributed by atoms with Gasteiger partial charge in [-0.3, -0.25) is 0 Å². The summed E-state index contributed by atoms with van der Waals surface area (Å²) in [6.07, 6.45) is 0. The first kappa shape index (κ1) is 22.9. The fourth-order valence-electron chi connectivity index (χ4n) is 3.43. The second-order valence-corrected chi connectivity index (χ2v) is 11.5. The summed E-state index contributed by atoms with van der Waals surface area (Å²) >= 11 is 0. The highest BCUT2D eigenvalue weighted by Crippen LogP contribution is 2.70. The maximum absolute atomic E-state index is 13.6. The molecule has 0 aliphatic rings. The van der Waals surface area contributed by atoms with E-state index >= 15 is 0 Å². The molecule has 0 saturated heterocycles. The summed E-state index contributed by atoms with van der Waals surface area (Å²) < 4.78 is 44.0. The van der Waals surface area contributed by atoms with Gasteiger partial charge in [0.15, 0.2) is 0 Å². The number of hydrogen-bond acceptors (Lipinski definition) is 5. The molecule has 0 radical (unpaired) electrons. The molecule has 0 atom stereocenters. The van der Waals surface area contributed by atoms with Crippen molar-refractivity contribution >= 4 is 20.4 Å². The van der Waals surface area contributed by atoms with Crippen molar-refractivity contribution in [1.82, 2.24) is 0 Å². The molecule has 0 heterocycles. The van der Waals surface area contributed by atoms with Crippen LogP contribution in [0.4, 0.5) is 0 Å². The lowest BCUT2D eigenvalue weighted by molar-refractivity contribution is 0.414. The van der Waals surface area contributed by atoms with E-state index in [9.17, 15) is 8.42 Å². The van der Waals surface area contributed by atoms with Crippen LogP contribution in [0.3, 0.4) is 0 Å². The molecule has 0 spiro atoms. The molecule has 0 unspecified atom stereocenters. The fraction of sp³-hybridized carbons (Fsp3) is 0.0769. The number of ether oxygens (including phenoxy) is 2. The Kier molecular flexibility index (Phi) is 6.74. The van der Waals surface area contributed by atoms with Crippen molar-refractivity contribution in [3.63, 3.8) is 0 Å². The summed E-state index contributed by atoms with van der Waals surface area (Å²) in [5, 5.41) is 0. The first-order valence-electron chi connectivity index (χ1n) is 10.2. The first-order chi connectivity index (χ1) is 16.0. The average molecular weight is 481 g/mol. The van der Waals surface area contributed by atoms with Crippen LogP contribution < -0.4 is 9.47 Å². The van der Waals surface area contributed by atoms with E-state index < -0.39 is 20.4 Å². The third-order valence-corrected chi connectivity index (χ3v) is 10.3. The summed E-state index contributed by atoms with van der Waals surface area (Å²) in [7, 11) is -3.68. The van der Waals surface area contributed by atoms with E-state index in [-0.39, 0.29) is 4.90 Å². The average Bonchev–Trinajstić information content (AvgIpc) is 2.88. The largest absolute Gasteiger partial charge is 0.497 e. The van der Waals surface area contributed by atoms with Gasteiger partial charge in [-0.25, -0.2) is 3.63 Å². The number of hydrogen-bond donors (Lipinski definition) is 0. The second-order valence-electron chi connectivity index (χ2n) is 7.06. The lowest BCUT2D eigenvalue weighted by Crippen LogP contribution is -2.14. The molecule has 33 heavy (non-hydrogen) atoms. The smallest absolute Gasteiger partial charge is 0.307 e. The maximum Gasteiger partial charge on any atom is 0.307 e. The van der Waals surface area contributed by atoms with Gasteiger partial charge in [-0.05, 0) is 83.1 Å². The van der Waals surface area contributed by atoms with E-state index in [1.54, 1.807) is 19.2 Å². The Bertz CT molecular complexity index is 1250. The molecule has 4 rings (SSSR count). The Labute approximate surface area is 196 Å². The summed E-state index contributed by atoms with van der Waals surface area (Å²) in [5.41, 5.74) is 0. The van der Waals surface area contributed by atoms with Gasteiger partial charge in [0.05, 0.1) is 19.1 Å². The van der Waals surface area contributed by atoms with E-state index in [1.807, 2.05) is 84.9 Å². The molecule has 0 amide bonds. The van der Waals surface area contributed by atoms with Crippen LogP contribution in [0.1, 0.15) is 0 Å². The van der Waals surface area contributed by atoms with Gasteiger partial charge >= 0.3 is 10.1 Å². The molecule has 0 aromatic heterocycles. The van der Waals surface area contributed by atoms with Crippen molar-refractivity contribution in [2.45, 2.75) is 19.6 Å². The van der Waals surface area contributed by atoms with Crippen molar-refractivity contribution in [3.05, 3.63) is 109 Å². The molecule has 4 aromatic rings. The lowest BCUT2D eigenvalue weighted by Gasteiger charge is -2.39. The van der Waals surface area contributed by atoms with Crippen LogP contribution in [0.2, 0.25) is 0 Å². The Morgan fingerprint density at radius 3 is 1.24 bits per heavy atom. The molecule has 0 N–H and O–H groups in total. The van der Waals surface area contributed by atoms with E-state index in [4.69, 9.17) is 13.1 Å². The van der Waals surface area contributed by atoms with Crippen molar-refractivity contribution < 1.29 is 21.5 Å². The van der Waals surface area contributed by atoms with E-state index in [0.717, 1.165) is 14.7 Å². The molecule has 0 fully saturated rings. The Balaban J connectivity index is 1.96. The molecule has 0 bridgehead atoms. The first-order valence-corrected chi connectivity index (χ1v) is 13.1. The van der Waals surface area contributed by atoms with Crippen LogP contribution in [0.25, 0.3) is 0 Å². The van der Waals surface area contributed by atoms with Gasteiger partial charge in [0.1, 0.15) is 11.5 Å². The zero-order valence-corrected chi connectivity index (χ0v) is 19.9.